The second kappa shape index (κ2) is 8.51. The maximum atomic E-state index is 12.9. The zero-order valence-corrected chi connectivity index (χ0v) is 17.9. The highest BCUT2D eigenvalue weighted by atomic mass is 16.5. The fourth-order valence-corrected chi connectivity index (χ4v) is 3.49. The molecule has 8 nitrogen and oxygen atoms in total. The van der Waals surface area contributed by atoms with Crippen LogP contribution in [-0.2, 0) is 0 Å². The van der Waals surface area contributed by atoms with Gasteiger partial charge >= 0.3 is 0 Å². The Morgan fingerprint density at radius 2 is 1.84 bits per heavy atom. The lowest BCUT2D eigenvalue weighted by Gasteiger charge is -2.14. The Balaban J connectivity index is 1.62. The summed E-state index contributed by atoms with van der Waals surface area (Å²) in [5.41, 5.74) is 1.000. The predicted octanol–water partition coefficient (Wildman–Crippen LogP) is 2.35. The molecule has 31 heavy (non-hydrogen) atoms. The number of methoxy groups -OCH3 is 3. The van der Waals surface area contributed by atoms with Crippen molar-refractivity contribution in [1.82, 2.24) is 15.0 Å². The molecule has 1 aromatic carbocycles. The van der Waals surface area contributed by atoms with Gasteiger partial charge in [0.25, 0.3) is 5.91 Å². The van der Waals surface area contributed by atoms with Crippen LogP contribution in [0.5, 0.6) is 17.2 Å². The van der Waals surface area contributed by atoms with Crippen molar-refractivity contribution in [3.63, 3.8) is 0 Å². The van der Waals surface area contributed by atoms with E-state index in [1.54, 1.807) is 18.2 Å². The van der Waals surface area contributed by atoms with Crippen LogP contribution in [-0.4, -0.2) is 42.2 Å². The van der Waals surface area contributed by atoms with Gasteiger partial charge < -0.3 is 24.5 Å². The molecular weight excluding hydrogens is 396 g/mol. The number of fused-ring (bicyclic) bond motifs is 1. The van der Waals surface area contributed by atoms with Crippen molar-refractivity contribution >= 4 is 23.9 Å². The number of aromatic amines is 1. The average molecular weight is 420 g/mol. The molecule has 8 heteroatoms. The number of pyridine rings is 1. The van der Waals surface area contributed by atoms with E-state index in [9.17, 15) is 4.79 Å². The Labute approximate surface area is 179 Å². The Hall–Kier alpha value is -3.81. The van der Waals surface area contributed by atoms with Crippen molar-refractivity contribution in [3.05, 3.63) is 46.6 Å². The minimum absolute atomic E-state index is 0.349. The van der Waals surface area contributed by atoms with Crippen molar-refractivity contribution in [3.8, 4) is 28.8 Å². The lowest BCUT2D eigenvalue weighted by Crippen LogP contribution is -2.28. The molecule has 1 amide bonds. The number of rotatable bonds is 6. The van der Waals surface area contributed by atoms with Crippen LogP contribution in [0.2, 0.25) is 0 Å². The molecule has 0 spiro atoms. The summed E-state index contributed by atoms with van der Waals surface area (Å²) in [6.45, 7) is 2.16. The fraction of sp³-hybridized carbons (Fsp3) is 0.261. The van der Waals surface area contributed by atoms with Crippen LogP contribution < -0.4 is 30.2 Å². The molecular formula is C23H24N4O4. The second-order valence-corrected chi connectivity index (χ2v) is 7.24. The van der Waals surface area contributed by atoms with Crippen LogP contribution in [0.4, 0.5) is 5.82 Å². The molecule has 0 radical (unpaired) electrons. The third-order valence-corrected chi connectivity index (χ3v) is 5.06. The molecule has 0 bridgehead atoms. The number of imidazole rings is 1. The number of carbonyl (C=O) groups is 1. The zero-order chi connectivity index (χ0) is 22.0. The van der Waals surface area contributed by atoms with Crippen molar-refractivity contribution in [1.29, 1.82) is 0 Å². The Kier molecular flexibility index (Phi) is 5.62. The van der Waals surface area contributed by atoms with Crippen LogP contribution in [0.15, 0.2) is 30.3 Å². The summed E-state index contributed by atoms with van der Waals surface area (Å²) in [5.74, 6) is 2.41. The molecule has 160 valence electrons. The van der Waals surface area contributed by atoms with Crippen molar-refractivity contribution in [2.45, 2.75) is 13.3 Å². The van der Waals surface area contributed by atoms with E-state index in [1.807, 2.05) is 12.1 Å². The van der Waals surface area contributed by atoms with Gasteiger partial charge in [0.2, 0.25) is 5.75 Å². The summed E-state index contributed by atoms with van der Waals surface area (Å²) in [6, 6.07) is 8.58. The number of H-pyrrole nitrogens is 1. The third-order valence-electron chi connectivity index (χ3n) is 5.06. The van der Waals surface area contributed by atoms with Crippen LogP contribution in [0.25, 0.3) is 23.7 Å². The van der Waals surface area contributed by atoms with Gasteiger partial charge in [-0.2, -0.15) is 0 Å². The topological polar surface area (TPSA) is 98.4 Å². The minimum Gasteiger partial charge on any atom is -0.493 e. The van der Waals surface area contributed by atoms with E-state index in [0.717, 1.165) is 17.1 Å². The van der Waals surface area contributed by atoms with Crippen molar-refractivity contribution in [2.75, 3.05) is 26.6 Å². The second-order valence-electron chi connectivity index (χ2n) is 7.24. The molecule has 1 unspecified atom stereocenters. The maximum absolute atomic E-state index is 12.9. The predicted molar refractivity (Wildman–Crippen MR) is 118 cm³/mol. The summed E-state index contributed by atoms with van der Waals surface area (Å²) in [4.78, 5) is 25.4. The number of ether oxygens (including phenoxy) is 3. The lowest BCUT2D eigenvalue weighted by molar-refractivity contribution is 0.102. The molecule has 0 saturated carbocycles. The molecule has 2 heterocycles. The molecule has 1 atom stereocenters. The Morgan fingerprint density at radius 3 is 2.52 bits per heavy atom. The molecule has 0 fully saturated rings. The van der Waals surface area contributed by atoms with Crippen LogP contribution in [0, 0.1) is 5.92 Å². The molecule has 2 aromatic heterocycles. The van der Waals surface area contributed by atoms with E-state index in [-0.39, 0.29) is 5.91 Å². The SMILES string of the molecule is COc1cc(C(=O)Nc2cccc(-c3nc4c([nH]3)=CC(C)CC=4)n2)cc(OC)c1OC. The number of anilines is 1. The van der Waals surface area contributed by atoms with E-state index in [0.29, 0.717) is 46.1 Å². The lowest BCUT2D eigenvalue weighted by atomic mass is 10.0. The summed E-state index contributed by atoms with van der Waals surface area (Å²) in [7, 11) is 4.52. The van der Waals surface area contributed by atoms with Gasteiger partial charge in [0.1, 0.15) is 11.5 Å². The van der Waals surface area contributed by atoms with E-state index < -0.39 is 0 Å². The highest BCUT2D eigenvalue weighted by Gasteiger charge is 2.18. The van der Waals surface area contributed by atoms with Gasteiger partial charge in [-0.15, -0.1) is 0 Å². The summed E-state index contributed by atoms with van der Waals surface area (Å²) < 4.78 is 16.0. The van der Waals surface area contributed by atoms with Crippen LogP contribution >= 0.6 is 0 Å². The molecule has 0 saturated heterocycles. The first kappa shape index (κ1) is 20.5. The number of carbonyl (C=O) groups excluding carboxylic acids is 1. The first-order chi connectivity index (χ1) is 15.0. The molecule has 4 rings (SSSR count). The fourth-order valence-electron chi connectivity index (χ4n) is 3.49. The quantitative estimate of drug-likeness (QED) is 0.635. The number of hydrogen-bond donors (Lipinski definition) is 2. The number of nitrogens with one attached hydrogen (secondary N) is 2. The first-order valence-corrected chi connectivity index (χ1v) is 9.89. The molecule has 1 aliphatic carbocycles. The summed E-state index contributed by atoms with van der Waals surface area (Å²) in [5, 5.41) is 4.75. The van der Waals surface area contributed by atoms with E-state index >= 15 is 0 Å². The van der Waals surface area contributed by atoms with Gasteiger partial charge in [-0.25, -0.2) is 9.97 Å². The number of nitrogens with zero attached hydrogens (tertiary/aromatic N) is 2. The monoisotopic (exact) mass is 420 g/mol. The number of hydrogen-bond acceptors (Lipinski definition) is 6. The largest absolute Gasteiger partial charge is 0.493 e. The summed E-state index contributed by atoms with van der Waals surface area (Å²) >= 11 is 0. The first-order valence-electron chi connectivity index (χ1n) is 9.89. The van der Waals surface area contributed by atoms with Gasteiger partial charge in [0.15, 0.2) is 17.3 Å². The highest BCUT2D eigenvalue weighted by Crippen LogP contribution is 2.38. The van der Waals surface area contributed by atoms with Gasteiger partial charge in [-0.3, -0.25) is 4.79 Å². The highest BCUT2D eigenvalue weighted by molar-refractivity contribution is 6.04. The van der Waals surface area contributed by atoms with E-state index in [1.165, 1.54) is 21.3 Å². The molecule has 2 N–H and O–H groups in total. The Bertz CT molecular complexity index is 1220. The minimum atomic E-state index is -0.349. The van der Waals surface area contributed by atoms with Crippen LogP contribution in [0.3, 0.4) is 0 Å². The maximum Gasteiger partial charge on any atom is 0.257 e. The molecule has 1 aliphatic rings. The van der Waals surface area contributed by atoms with Crippen molar-refractivity contribution < 1.29 is 19.0 Å². The average Bonchev–Trinajstić information content (AvgIpc) is 3.21. The smallest absolute Gasteiger partial charge is 0.257 e. The van der Waals surface area contributed by atoms with Gasteiger partial charge in [-0.1, -0.05) is 25.1 Å². The van der Waals surface area contributed by atoms with Gasteiger partial charge in [-0.05, 0) is 36.6 Å². The van der Waals surface area contributed by atoms with Crippen LogP contribution in [0.1, 0.15) is 23.7 Å². The third kappa shape index (κ3) is 4.09. The normalized spacial score (nSPS) is 14.6. The number of aromatic nitrogens is 3. The zero-order valence-electron chi connectivity index (χ0n) is 17.9. The molecule has 3 aromatic rings. The van der Waals surface area contributed by atoms with E-state index in [4.69, 9.17) is 14.2 Å². The molecule has 0 aliphatic heterocycles. The number of benzene rings is 1. The van der Waals surface area contributed by atoms with Crippen molar-refractivity contribution in [2.24, 2.45) is 5.92 Å². The number of amides is 1. The van der Waals surface area contributed by atoms with Gasteiger partial charge in [0.05, 0.1) is 32.0 Å². The van der Waals surface area contributed by atoms with Gasteiger partial charge in [0, 0.05) is 5.56 Å². The van der Waals surface area contributed by atoms with E-state index in [2.05, 4.69) is 39.3 Å². The Morgan fingerprint density at radius 1 is 1.10 bits per heavy atom. The standard InChI is InChI=1S/C23H24N4O4/c1-13-8-9-15-17(10-13)26-22(25-15)16-6-5-7-20(24-16)27-23(28)14-11-18(29-2)21(31-4)19(12-14)30-3/h5-7,9-13H,8H2,1-4H3,(H,25,26)(H,24,27,28). The summed E-state index contributed by atoms with van der Waals surface area (Å²) in [6.07, 6.45) is 5.26.